The van der Waals surface area contributed by atoms with E-state index in [2.05, 4.69) is 15.0 Å². The zero-order valence-electron chi connectivity index (χ0n) is 18.8. The van der Waals surface area contributed by atoms with Gasteiger partial charge in [-0.2, -0.15) is 0 Å². The molecule has 3 aromatic rings. The Morgan fingerprint density at radius 3 is 2.41 bits per heavy atom. The number of sulfonamides is 1. The van der Waals surface area contributed by atoms with Crippen LogP contribution < -0.4 is 25.1 Å². The summed E-state index contributed by atoms with van der Waals surface area (Å²) in [5.74, 6) is 0.515. The second-order valence-electron chi connectivity index (χ2n) is 7.97. The number of ether oxygens (including phenoxy) is 2. The first-order valence-corrected chi connectivity index (χ1v) is 12.2. The Labute approximate surface area is 197 Å². The number of benzene rings is 2. The minimum absolute atomic E-state index is 0.0391. The van der Waals surface area contributed by atoms with E-state index in [1.165, 1.54) is 36.4 Å². The Hall–Kier alpha value is -3.79. The molecule has 1 aromatic heterocycles. The number of aromatic nitrogens is 1. The second kappa shape index (κ2) is 9.60. The number of hydrogen-bond donors (Lipinski definition) is 3. The van der Waals surface area contributed by atoms with E-state index in [9.17, 15) is 18.0 Å². The minimum Gasteiger partial charge on any atom is -0.490 e. The number of H-pyrrole nitrogens is 1. The highest BCUT2D eigenvalue weighted by atomic mass is 32.2. The van der Waals surface area contributed by atoms with Crippen molar-refractivity contribution in [2.45, 2.75) is 31.7 Å². The van der Waals surface area contributed by atoms with Crippen LogP contribution in [-0.2, 0) is 16.6 Å². The van der Waals surface area contributed by atoms with E-state index in [0.29, 0.717) is 41.5 Å². The van der Waals surface area contributed by atoms with Crippen molar-refractivity contribution in [2.24, 2.45) is 0 Å². The lowest BCUT2D eigenvalue weighted by molar-refractivity contribution is 0.0950. The summed E-state index contributed by atoms with van der Waals surface area (Å²) in [7, 11) is -3.88. The molecule has 0 spiro atoms. The van der Waals surface area contributed by atoms with E-state index >= 15 is 0 Å². The van der Waals surface area contributed by atoms with E-state index in [4.69, 9.17) is 9.47 Å². The highest BCUT2D eigenvalue weighted by molar-refractivity contribution is 7.92. The number of carbonyl (C=O) groups is 1. The Morgan fingerprint density at radius 1 is 1.00 bits per heavy atom. The normalized spacial score (nSPS) is 13.1. The van der Waals surface area contributed by atoms with Crippen LogP contribution in [0.25, 0.3) is 0 Å². The monoisotopic (exact) mass is 483 g/mol. The van der Waals surface area contributed by atoms with Gasteiger partial charge in [0.15, 0.2) is 11.5 Å². The first-order valence-electron chi connectivity index (χ1n) is 10.7. The van der Waals surface area contributed by atoms with Gasteiger partial charge < -0.3 is 19.8 Å². The van der Waals surface area contributed by atoms with Crippen LogP contribution in [0, 0.1) is 13.8 Å². The van der Waals surface area contributed by atoms with E-state index in [1.807, 2.05) is 13.0 Å². The lowest BCUT2D eigenvalue weighted by atomic mass is 10.1. The van der Waals surface area contributed by atoms with Crippen LogP contribution >= 0.6 is 0 Å². The van der Waals surface area contributed by atoms with Gasteiger partial charge in [0.05, 0.1) is 18.1 Å². The molecule has 10 heteroatoms. The number of amides is 1. The van der Waals surface area contributed by atoms with Gasteiger partial charge in [-0.3, -0.25) is 14.3 Å². The summed E-state index contributed by atoms with van der Waals surface area (Å²) in [5.41, 5.74) is 2.42. The van der Waals surface area contributed by atoms with Crippen LogP contribution in [0.2, 0.25) is 0 Å². The summed E-state index contributed by atoms with van der Waals surface area (Å²) in [6.45, 7) is 4.65. The Morgan fingerprint density at radius 2 is 1.71 bits per heavy atom. The number of aromatic amines is 1. The first-order chi connectivity index (χ1) is 16.2. The Kier molecular flexibility index (Phi) is 6.60. The van der Waals surface area contributed by atoms with Crippen molar-refractivity contribution in [3.05, 3.63) is 81.3 Å². The average molecular weight is 484 g/mol. The quantitative estimate of drug-likeness (QED) is 0.495. The molecule has 0 aliphatic carbocycles. The molecular formula is C24H25N3O6S. The van der Waals surface area contributed by atoms with E-state index < -0.39 is 10.0 Å². The number of rotatable bonds is 6. The highest BCUT2D eigenvalue weighted by Gasteiger charge is 2.19. The van der Waals surface area contributed by atoms with Gasteiger partial charge in [-0.1, -0.05) is 0 Å². The largest absolute Gasteiger partial charge is 0.490 e. The summed E-state index contributed by atoms with van der Waals surface area (Å²) in [6.07, 6.45) is 0.718. The molecule has 178 valence electrons. The van der Waals surface area contributed by atoms with E-state index in [0.717, 1.165) is 17.7 Å². The predicted octanol–water partition coefficient (Wildman–Crippen LogP) is 2.88. The SMILES string of the molecule is Cc1cc(C)c(CNC(=O)c2ccc(NS(=O)(=O)c3ccc4c(c3)OCCCO4)cc2)c(=O)[nH]1. The van der Waals surface area contributed by atoms with Crippen LogP contribution in [0.4, 0.5) is 5.69 Å². The van der Waals surface area contributed by atoms with Gasteiger partial charge in [0.2, 0.25) is 0 Å². The summed E-state index contributed by atoms with van der Waals surface area (Å²) in [6, 6.07) is 12.3. The van der Waals surface area contributed by atoms with Crippen molar-refractivity contribution in [1.82, 2.24) is 10.3 Å². The number of aryl methyl sites for hydroxylation is 2. The topological polar surface area (TPSA) is 127 Å². The third kappa shape index (κ3) is 5.23. The number of hydrogen-bond acceptors (Lipinski definition) is 6. The van der Waals surface area contributed by atoms with Crippen molar-refractivity contribution in [3.8, 4) is 11.5 Å². The van der Waals surface area contributed by atoms with Crippen LogP contribution in [0.1, 0.15) is 33.6 Å². The molecule has 2 aromatic carbocycles. The van der Waals surface area contributed by atoms with Crippen LogP contribution in [0.15, 0.2) is 58.2 Å². The molecule has 1 amide bonds. The molecule has 4 rings (SSSR count). The van der Waals surface area contributed by atoms with Crippen LogP contribution in [0.5, 0.6) is 11.5 Å². The van der Waals surface area contributed by atoms with Crippen molar-refractivity contribution in [3.63, 3.8) is 0 Å². The zero-order valence-corrected chi connectivity index (χ0v) is 19.6. The molecule has 0 radical (unpaired) electrons. The van der Waals surface area contributed by atoms with Crippen molar-refractivity contribution in [2.75, 3.05) is 17.9 Å². The van der Waals surface area contributed by atoms with E-state index in [1.54, 1.807) is 13.0 Å². The van der Waals surface area contributed by atoms with Crippen LogP contribution in [0.3, 0.4) is 0 Å². The molecule has 0 unspecified atom stereocenters. The average Bonchev–Trinajstić information content (AvgIpc) is 3.03. The maximum Gasteiger partial charge on any atom is 0.262 e. The molecular weight excluding hydrogens is 458 g/mol. The number of nitrogens with one attached hydrogen (secondary N) is 3. The molecule has 1 aliphatic rings. The summed E-state index contributed by atoms with van der Waals surface area (Å²) in [4.78, 5) is 27.4. The van der Waals surface area contributed by atoms with Gasteiger partial charge in [-0.15, -0.1) is 0 Å². The third-order valence-electron chi connectivity index (χ3n) is 5.35. The van der Waals surface area contributed by atoms with Gasteiger partial charge in [-0.25, -0.2) is 8.42 Å². The van der Waals surface area contributed by atoms with Crippen molar-refractivity contribution < 1.29 is 22.7 Å². The van der Waals surface area contributed by atoms with E-state index in [-0.39, 0.29) is 22.9 Å². The number of carbonyl (C=O) groups excluding carboxylic acids is 1. The molecule has 9 nitrogen and oxygen atoms in total. The van der Waals surface area contributed by atoms with Crippen LogP contribution in [-0.4, -0.2) is 32.5 Å². The molecule has 0 saturated heterocycles. The fraction of sp³-hybridized carbons (Fsp3) is 0.250. The highest BCUT2D eigenvalue weighted by Crippen LogP contribution is 2.32. The molecule has 0 bridgehead atoms. The summed E-state index contributed by atoms with van der Waals surface area (Å²) in [5, 5.41) is 2.72. The van der Waals surface area contributed by atoms with Crippen molar-refractivity contribution >= 4 is 21.6 Å². The molecule has 3 N–H and O–H groups in total. The van der Waals surface area contributed by atoms with Gasteiger partial charge in [0, 0.05) is 41.5 Å². The minimum atomic E-state index is -3.88. The Balaban J connectivity index is 1.43. The number of fused-ring (bicyclic) bond motifs is 1. The zero-order chi connectivity index (χ0) is 24.3. The number of pyridine rings is 1. The Bertz CT molecular complexity index is 1380. The van der Waals surface area contributed by atoms with Gasteiger partial charge in [0.25, 0.3) is 21.5 Å². The standard InChI is InChI=1S/C24H25N3O6S/c1-15-12-16(2)26-24(29)20(15)14-25-23(28)17-4-6-18(7-5-17)27-34(30,31)19-8-9-21-22(13-19)33-11-3-10-32-21/h4-9,12-13,27H,3,10-11,14H2,1-2H3,(H,25,28)(H,26,29). The maximum atomic E-state index is 12.8. The molecule has 0 saturated carbocycles. The fourth-order valence-corrected chi connectivity index (χ4v) is 4.66. The molecule has 0 atom stereocenters. The van der Waals surface area contributed by atoms with Gasteiger partial charge in [0.1, 0.15) is 0 Å². The maximum absolute atomic E-state index is 12.8. The lowest BCUT2D eigenvalue weighted by Crippen LogP contribution is -2.27. The van der Waals surface area contributed by atoms with Gasteiger partial charge in [-0.05, 0) is 61.9 Å². The smallest absolute Gasteiger partial charge is 0.262 e. The molecule has 2 heterocycles. The summed E-state index contributed by atoms with van der Waals surface area (Å²) < 4.78 is 39.2. The first kappa shape index (κ1) is 23.4. The fourth-order valence-electron chi connectivity index (χ4n) is 3.59. The number of anilines is 1. The predicted molar refractivity (Wildman–Crippen MR) is 127 cm³/mol. The van der Waals surface area contributed by atoms with Crippen molar-refractivity contribution in [1.29, 1.82) is 0 Å². The van der Waals surface area contributed by atoms with Gasteiger partial charge >= 0.3 is 0 Å². The lowest BCUT2D eigenvalue weighted by Gasteiger charge is -2.12. The second-order valence-corrected chi connectivity index (χ2v) is 9.65. The third-order valence-corrected chi connectivity index (χ3v) is 6.73. The molecule has 34 heavy (non-hydrogen) atoms. The summed E-state index contributed by atoms with van der Waals surface area (Å²) >= 11 is 0. The molecule has 0 fully saturated rings. The molecule has 1 aliphatic heterocycles.